The predicted octanol–water partition coefficient (Wildman–Crippen LogP) is 3.91. The van der Waals surface area contributed by atoms with Crippen molar-refractivity contribution in [1.82, 2.24) is 0 Å². The number of hydrogen-bond acceptors (Lipinski definition) is 2. The van der Waals surface area contributed by atoms with E-state index in [1.807, 2.05) is 6.07 Å². The second-order valence-corrected chi connectivity index (χ2v) is 5.48. The van der Waals surface area contributed by atoms with Gasteiger partial charge in [-0.3, -0.25) is 0 Å². The number of ether oxygens (including phenoxy) is 1. The van der Waals surface area contributed by atoms with Gasteiger partial charge >= 0.3 is 5.97 Å². The second-order valence-electron chi connectivity index (χ2n) is 5.48. The van der Waals surface area contributed by atoms with Crippen LogP contribution in [0.25, 0.3) is 11.1 Å². The zero-order valence-corrected chi connectivity index (χ0v) is 12.1. The molecule has 0 radical (unpaired) electrons. The minimum atomic E-state index is -0.947. The van der Waals surface area contributed by atoms with Crippen LogP contribution in [0.5, 0.6) is 0 Å². The maximum atomic E-state index is 13.1. The van der Waals surface area contributed by atoms with Gasteiger partial charge in [0.15, 0.2) is 0 Å². The third kappa shape index (κ3) is 3.02. The lowest BCUT2D eigenvalue weighted by atomic mass is 9.91. The normalized spacial score (nSPS) is 17.6. The van der Waals surface area contributed by atoms with Crippen molar-refractivity contribution in [2.45, 2.75) is 25.4 Å². The highest BCUT2D eigenvalue weighted by Crippen LogP contribution is 2.30. The summed E-state index contributed by atoms with van der Waals surface area (Å²) in [7, 11) is 0. The molecule has 1 N–H and O–H groups in total. The third-order valence-corrected chi connectivity index (χ3v) is 4.02. The van der Waals surface area contributed by atoms with Gasteiger partial charge in [0.05, 0.1) is 11.7 Å². The lowest BCUT2D eigenvalue weighted by molar-refractivity contribution is 0.0693. The van der Waals surface area contributed by atoms with Gasteiger partial charge in [-0.2, -0.15) is 0 Å². The largest absolute Gasteiger partial charge is 0.478 e. The minimum absolute atomic E-state index is 0.0553. The molecule has 1 unspecified atom stereocenters. The molecule has 4 heteroatoms. The first-order chi connectivity index (χ1) is 10.6. The van der Waals surface area contributed by atoms with Crippen molar-refractivity contribution in [2.75, 3.05) is 6.61 Å². The predicted molar refractivity (Wildman–Crippen MR) is 81.5 cm³/mol. The molecule has 1 saturated heterocycles. The van der Waals surface area contributed by atoms with Crippen LogP contribution >= 0.6 is 0 Å². The van der Waals surface area contributed by atoms with Crippen molar-refractivity contribution >= 4 is 5.97 Å². The number of aromatic carboxylic acids is 1. The topological polar surface area (TPSA) is 46.5 Å². The molecule has 0 bridgehead atoms. The molecule has 1 atom stereocenters. The van der Waals surface area contributed by atoms with Crippen LogP contribution in [0.2, 0.25) is 0 Å². The summed E-state index contributed by atoms with van der Waals surface area (Å²) < 4.78 is 18.8. The molecule has 1 aliphatic rings. The van der Waals surface area contributed by atoms with E-state index >= 15 is 0 Å². The summed E-state index contributed by atoms with van der Waals surface area (Å²) in [5.41, 5.74) is 2.69. The summed E-state index contributed by atoms with van der Waals surface area (Å²) in [5, 5.41) is 9.45. The van der Waals surface area contributed by atoms with E-state index in [2.05, 4.69) is 0 Å². The van der Waals surface area contributed by atoms with E-state index in [-0.39, 0.29) is 17.5 Å². The Labute approximate surface area is 128 Å². The molecule has 22 heavy (non-hydrogen) atoms. The van der Waals surface area contributed by atoms with Gasteiger partial charge < -0.3 is 9.84 Å². The highest BCUT2D eigenvalue weighted by Gasteiger charge is 2.22. The maximum absolute atomic E-state index is 13.1. The molecule has 1 aliphatic heterocycles. The van der Waals surface area contributed by atoms with Gasteiger partial charge in [-0.25, -0.2) is 9.18 Å². The fourth-order valence-electron chi connectivity index (χ4n) is 2.94. The SMILES string of the molecule is O=C(O)c1cccc(-c2ccc(F)cc2)c1CC1CCCO1. The van der Waals surface area contributed by atoms with Crippen LogP contribution in [-0.4, -0.2) is 23.8 Å². The van der Waals surface area contributed by atoms with Gasteiger partial charge in [-0.15, -0.1) is 0 Å². The molecule has 1 heterocycles. The van der Waals surface area contributed by atoms with Gasteiger partial charge in [-0.1, -0.05) is 24.3 Å². The molecule has 0 aromatic heterocycles. The Morgan fingerprint density at radius 1 is 1.23 bits per heavy atom. The van der Waals surface area contributed by atoms with E-state index in [1.165, 1.54) is 12.1 Å². The first kappa shape index (κ1) is 14.7. The standard InChI is InChI=1S/C18H17FO3/c19-13-8-6-12(7-9-13)15-4-1-5-16(18(20)21)17(15)11-14-3-2-10-22-14/h1,4-9,14H,2-3,10-11H2,(H,20,21). The van der Waals surface area contributed by atoms with E-state index in [4.69, 9.17) is 4.74 Å². The van der Waals surface area contributed by atoms with Crippen LogP contribution in [0.3, 0.4) is 0 Å². The molecular weight excluding hydrogens is 283 g/mol. The minimum Gasteiger partial charge on any atom is -0.478 e. The van der Waals surface area contributed by atoms with Gasteiger partial charge in [0.25, 0.3) is 0 Å². The Morgan fingerprint density at radius 3 is 2.64 bits per heavy atom. The van der Waals surface area contributed by atoms with E-state index in [9.17, 15) is 14.3 Å². The smallest absolute Gasteiger partial charge is 0.335 e. The van der Waals surface area contributed by atoms with Crippen LogP contribution in [0.1, 0.15) is 28.8 Å². The fraction of sp³-hybridized carbons (Fsp3) is 0.278. The second kappa shape index (κ2) is 6.28. The van der Waals surface area contributed by atoms with E-state index in [1.54, 1.807) is 24.3 Å². The van der Waals surface area contributed by atoms with Gasteiger partial charge in [0.1, 0.15) is 5.82 Å². The summed E-state index contributed by atoms with van der Waals surface area (Å²) in [6.07, 6.45) is 2.57. The van der Waals surface area contributed by atoms with Crippen molar-refractivity contribution in [3.8, 4) is 11.1 Å². The highest BCUT2D eigenvalue weighted by molar-refractivity contribution is 5.92. The molecule has 0 saturated carbocycles. The van der Waals surface area contributed by atoms with Crippen molar-refractivity contribution in [1.29, 1.82) is 0 Å². The average molecular weight is 300 g/mol. The number of halogens is 1. The summed E-state index contributed by atoms with van der Waals surface area (Å²) in [5.74, 6) is -1.25. The molecule has 2 aromatic carbocycles. The monoisotopic (exact) mass is 300 g/mol. The van der Waals surface area contributed by atoms with Crippen LogP contribution in [-0.2, 0) is 11.2 Å². The van der Waals surface area contributed by atoms with Crippen molar-refractivity contribution in [3.63, 3.8) is 0 Å². The Hall–Kier alpha value is -2.20. The number of carboxylic acid groups (broad SMARTS) is 1. The van der Waals surface area contributed by atoms with Crippen molar-refractivity contribution in [2.24, 2.45) is 0 Å². The fourth-order valence-corrected chi connectivity index (χ4v) is 2.94. The van der Waals surface area contributed by atoms with Crippen LogP contribution in [0, 0.1) is 5.82 Å². The summed E-state index contributed by atoms with van der Waals surface area (Å²) >= 11 is 0. The molecule has 0 amide bonds. The first-order valence-corrected chi connectivity index (χ1v) is 7.38. The lowest BCUT2D eigenvalue weighted by Gasteiger charge is -2.16. The zero-order chi connectivity index (χ0) is 15.5. The molecule has 3 nitrogen and oxygen atoms in total. The molecule has 114 valence electrons. The van der Waals surface area contributed by atoms with E-state index in [0.29, 0.717) is 6.42 Å². The van der Waals surface area contributed by atoms with Crippen LogP contribution in [0.15, 0.2) is 42.5 Å². The molecule has 3 rings (SSSR count). The van der Waals surface area contributed by atoms with Crippen LogP contribution < -0.4 is 0 Å². The van der Waals surface area contributed by atoms with Gasteiger partial charge in [0.2, 0.25) is 0 Å². The van der Waals surface area contributed by atoms with E-state index < -0.39 is 5.97 Å². The third-order valence-electron chi connectivity index (χ3n) is 4.02. The van der Waals surface area contributed by atoms with Crippen molar-refractivity contribution in [3.05, 3.63) is 59.4 Å². The van der Waals surface area contributed by atoms with E-state index in [0.717, 1.165) is 36.1 Å². The number of benzene rings is 2. The quantitative estimate of drug-likeness (QED) is 0.931. The lowest BCUT2D eigenvalue weighted by Crippen LogP contribution is -2.14. The van der Waals surface area contributed by atoms with Gasteiger partial charge in [-0.05, 0) is 47.7 Å². The first-order valence-electron chi connectivity index (χ1n) is 7.38. The molecule has 1 fully saturated rings. The molecule has 0 aliphatic carbocycles. The molecule has 2 aromatic rings. The Balaban J connectivity index is 2.05. The number of hydrogen-bond donors (Lipinski definition) is 1. The number of carboxylic acids is 1. The van der Waals surface area contributed by atoms with Crippen molar-refractivity contribution < 1.29 is 19.0 Å². The Morgan fingerprint density at radius 2 is 2.00 bits per heavy atom. The van der Waals surface area contributed by atoms with Gasteiger partial charge in [0, 0.05) is 13.0 Å². The van der Waals surface area contributed by atoms with Crippen LogP contribution in [0.4, 0.5) is 4.39 Å². The molecular formula is C18H17FO3. The maximum Gasteiger partial charge on any atom is 0.335 e. The highest BCUT2D eigenvalue weighted by atomic mass is 19.1. The average Bonchev–Trinajstić information content (AvgIpc) is 3.01. The zero-order valence-electron chi connectivity index (χ0n) is 12.1. The number of rotatable bonds is 4. The molecule has 0 spiro atoms. The number of carbonyl (C=O) groups is 1. The summed E-state index contributed by atoms with van der Waals surface area (Å²) in [4.78, 5) is 11.5. The summed E-state index contributed by atoms with van der Waals surface area (Å²) in [6.45, 7) is 0.728. The Bertz CT molecular complexity index is 673. The Kier molecular flexibility index (Phi) is 4.20. The summed E-state index contributed by atoms with van der Waals surface area (Å²) in [6, 6.07) is 11.3.